The van der Waals surface area contributed by atoms with Gasteiger partial charge < -0.3 is 20.7 Å². The maximum atomic E-state index is 5.78. The molecule has 88 valence electrons. The van der Waals surface area contributed by atoms with Gasteiger partial charge in [0.25, 0.3) is 0 Å². The molecule has 2 fully saturated rings. The standard InChI is InChI=1S/C11H23N3O/c1-14-4-2-10(3-5-14)13-7-11(6-12)8-15-9-11/h10,13H,2-9,12H2,1H3. The minimum Gasteiger partial charge on any atom is -0.380 e. The zero-order valence-electron chi connectivity index (χ0n) is 9.67. The van der Waals surface area contributed by atoms with Crippen LogP contribution in [0.4, 0.5) is 0 Å². The quantitative estimate of drug-likeness (QED) is 0.670. The molecule has 3 N–H and O–H groups in total. The Morgan fingerprint density at radius 2 is 2.07 bits per heavy atom. The number of likely N-dealkylation sites (tertiary alicyclic amines) is 1. The van der Waals surface area contributed by atoms with Crippen molar-refractivity contribution in [1.29, 1.82) is 0 Å². The lowest BCUT2D eigenvalue weighted by Crippen LogP contribution is -2.56. The van der Waals surface area contributed by atoms with Crippen molar-refractivity contribution >= 4 is 0 Å². The lowest BCUT2D eigenvalue weighted by atomic mass is 9.85. The van der Waals surface area contributed by atoms with E-state index in [4.69, 9.17) is 10.5 Å². The van der Waals surface area contributed by atoms with Gasteiger partial charge in [-0.05, 0) is 33.0 Å². The highest BCUT2D eigenvalue weighted by molar-refractivity contribution is 4.90. The van der Waals surface area contributed by atoms with Crippen molar-refractivity contribution in [3.63, 3.8) is 0 Å². The van der Waals surface area contributed by atoms with E-state index in [-0.39, 0.29) is 5.41 Å². The van der Waals surface area contributed by atoms with Gasteiger partial charge in [-0.25, -0.2) is 0 Å². The van der Waals surface area contributed by atoms with E-state index in [2.05, 4.69) is 17.3 Å². The van der Waals surface area contributed by atoms with Gasteiger partial charge in [0.15, 0.2) is 0 Å². The molecule has 4 heteroatoms. The second kappa shape index (κ2) is 4.78. The van der Waals surface area contributed by atoms with Crippen molar-refractivity contribution in [3.8, 4) is 0 Å². The molecule has 2 aliphatic heterocycles. The molecule has 2 rings (SSSR count). The molecule has 15 heavy (non-hydrogen) atoms. The van der Waals surface area contributed by atoms with E-state index in [1.165, 1.54) is 25.9 Å². The Labute approximate surface area is 92.1 Å². The highest BCUT2D eigenvalue weighted by atomic mass is 16.5. The number of nitrogens with one attached hydrogen (secondary N) is 1. The molecule has 0 atom stereocenters. The van der Waals surface area contributed by atoms with Crippen LogP contribution in [0.2, 0.25) is 0 Å². The number of hydrogen-bond acceptors (Lipinski definition) is 4. The van der Waals surface area contributed by atoms with Crippen LogP contribution < -0.4 is 11.1 Å². The van der Waals surface area contributed by atoms with Gasteiger partial charge in [0.05, 0.1) is 13.2 Å². The highest BCUT2D eigenvalue weighted by Crippen LogP contribution is 2.25. The molecule has 2 saturated heterocycles. The molecule has 0 aromatic rings. The van der Waals surface area contributed by atoms with Crippen molar-refractivity contribution in [2.24, 2.45) is 11.1 Å². The van der Waals surface area contributed by atoms with E-state index >= 15 is 0 Å². The predicted molar refractivity (Wildman–Crippen MR) is 60.8 cm³/mol. The number of piperidine rings is 1. The molecule has 2 heterocycles. The Morgan fingerprint density at radius 3 is 2.53 bits per heavy atom. The summed E-state index contributed by atoms with van der Waals surface area (Å²) in [6.45, 7) is 5.87. The molecular formula is C11H23N3O. The molecule has 2 aliphatic rings. The Morgan fingerprint density at radius 1 is 1.40 bits per heavy atom. The predicted octanol–water partition coefficient (Wildman–Crippen LogP) is -0.354. The molecular weight excluding hydrogens is 190 g/mol. The average molecular weight is 213 g/mol. The third-order valence-corrected chi connectivity index (χ3v) is 3.73. The summed E-state index contributed by atoms with van der Waals surface area (Å²) in [6, 6.07) is 0.685. The summed E-state index contributed by atoms with van der Waals surface area (Å²) in [4.78, 5) is 2.39. The van der Waals surface area contributed by atoms with Crippen molar-refractivity contribution in [1.82, 2.24) is 10.2 Å². The van der Waals surface area contributed by atoms with Crippen molar-refractivity contribution in [2.45, 2.75) is 18.9 Å². The highest BCUT2D eigenvalue weighted by Gasteiger charge is 2.37. The molecule has 0 bridgehead atoms. The molecule has 0 radical (unpaired) electrons. The number of rotatable bonds is 4. The Bertz CT molecular complexity index is 192. The van der Waals surface area contributed by atoms with Crippen LogP contribution in [-0.2, 0) is 4.74 Å². The number of hydrogen-bond donors (Lipinski definition) is 2. The molecule has 0 amide bonds. The van der Waals surface area contributed by atoms with Gasteiger partial charge in [0.2, 0.25) is 0 Å². The monoisotopic (exact) mass is 213 g/mol. The van der Waals surface area contributed by atoms with E-state index in [0.29, 0.717) is 6.04 Å². The Balaban J connectivity index is 1.69. The Hall–Kier alpha value is -0.160. The van der Waals surface area contributed by atoms with Gasteiger partial charge in [0.1, 0.15) is 0 Å². The van der Waals surface area contributed by atoms with Crippen LogP contribution in [0.25, 0.3) is 0 Å². The third kappa shape index (κ3) is 2.69. The number of nitrogens with two attached hydrogens (primary N) is 1. The van der Waals surface area contributed by atoms with Gasteiger partial charge in [-0.2, -0.15) is 0 Å². The van der Waals surface area contributed by atoms with E-state index in [9.17, 15) is 0 Å². The summed E-state index contributed by atoms with van der Waals surface area (Å²) in [5.74, 6) is 0. The molecule has 0 unspecified atom stereocenters. The van der Waals surface area contributed by atoms with E-state index in [1.807, 2.05) is 0 Å². The maximum Gasteiger partial charge on any atom is 0.0569 e. The summed E-state index contributed by atoms with van der Waals surface area (Å²) in [5.41, 5.74) is 6.02. The van der Waals surface area contributed by atoms with Crippen LogP contribution in [-0.4, -0.2) is 57.4 Å². The fourth-order valence-electron chi connectivity index (χ4n) is 2.26. The fourth-order valence-corrected chi connectivity index (χ4v) is 2.26. The van der Waals surface area contributed by atoms with Gasteiger partial charge >= 0.3 is 0 Å². The van der Waals surface area contributed by atoms with Crippen LogP contribution in [0, 0.1) is 5.41 Å². The minimum absolute atomic E-state index is 0.239. The second-order valence-electron chi connectivity index (χ2n) is 5.16. The van der Waals surface area contributed by atoms with Crippen molar-refractivity contribution < 1.29 is 4.74 Å². The van der Waals surface area contributed by atoms with Gasteiger partial charge in [-0.1, -0.05) is 0 Å². The topological polar surface area (TPSA) is 50.5 Å². The zero-order chi connectivity index (χ0) is 10.7. The number of nitrogens with zero attached hydrogens (tertiary/aromatic N) is 1. The molecule has 0 spiro atoms. The van der Waals surface area contributed by atoms with Gasteiger partial charge in [-0.3, -0.25) is 0 Å². The smallest absolute Gasteiger partial charge is 0.0569 e. The fraction of sp³-hybridized carbons (Fsp3) is 1.00. The maximum absolute atomic E-state index is 5.78. The zero-order valence-corrected chi connectivity index (χ0v) is 9.67. The third-order valence-electron chi connectivity index (χ3n) is 3.73. The van der Waals surface area contributed by atoms with Crippen molar-refractivity contribution in [3.05, 3.63) is 0 Å². The normalized spacial score (nSPS) is 27.6. The first-order valence-corrected chi connectivity index (χ1v) is 5.94. The first-order valence-electron chi connectivity index (χ1n) is 5.94. The van der Waals surface area contributed by atoms with Crippen LogP contribution in [0.3, 0.4) is 0 Å². The first kappa shape index (κ1) is 11.3. The first-order chi connectivity index (χ1) is 7.24. The minimum atomic E-state index is 0.239. The van der Waals surface area contributed by atoms with Crippen LogP contribution >= 0.6 is 0 Å². The van der Waals surface area contributed by atoms with Crippen molar-refractivity contribution in [2.75, 3.05) is 46.4 Å². The largest absolute Gasteiger partial charge is 0.380 e. The second-order valence-corrected chi connectivity index (χ2v) is 5.16. The summed E-state index contributed by atoms with van der Waals surface area (Å²) in [5, 5.41) is 3.65. The lowest BCUT2D eigenvalue weighted by Gasteiger charge is -2.42. The number of ether oxygens (including phenoxy) is 1. The average Bonchev–Trinajstić information content (AvgIpc) is 2.20. The molecule has 0 saturated carbocycles. The SMILES string of the molecule is CN1CCC(NCC2(CN)COC2)CC1. The summed E-state index contributed by atoms with van der Waals surface area (Å²) in [6.07, 6.45) is 2.52. The molecule has 0 aromatic carbocycles. The summed E-state index contributed by atoms with van der Waals surface area (Å²) >= 11 is 0. The van der Waals surface area contributed by atoms with Crippen LogP contribution in [0.5, 0.6) is 0 Å². The lowest BCUT2D eigenvalue weighted by molar-refractivity contribution is -0.106. The van der Waals surface area contributed by atoms with Crippen LogP contribution in [0.15, 0.2) is 0 Å². The van der Waals surface area contributed by atoms with Crippen LogP contribution in [0.1, 0.15) is 12.8 Å². The van der Waals surface area contributed by atoms with E-state index in [0.717, 1.165) is 26.3 Å². The van der Waals surface area contributed by atoms with E-state index < -0.39 is 0 Å². The molecule has 0 aromatic heterocycles. The Kier molecular flexibility index (Phi) is 3.61. The molecule has 4 nitrogen and oxygen atoms in total. The summed E-state index contributed by atoms with van der Waals surface area (Å²) in [7, 11) is 2.19. The molecule has 0 aliphatic carbocycles. The van der Waals surface area contributed by atoms with E-state index in [1.54, 1.807) is 0 Å². The summed E-state index contributed by atoms with van der Waals surface area (Å²) < 4.78 is 5.26. The van der Waals surface area contributed by atoms with Gasteiger partial charge in [0, 0.05) is 24.5 Å². The van der Waals surface area contributed by atoms with Gasteiger partial charge in [-0.15, -0.1) is 0 Å².